The predicted molar refractivity (Wildman–Crippen MR) is 65.2 cm³/mol. The minimum atomic E-state index is -0.240. The molecule has 1 aliphatic heterocycles. The van der Waals surface area contributed by atoms with Crippen LogP contribution in [0.5, 0.6) is 0 Å². The van der Waals surface area contributed by atoms with Crippen molar-refractivity contribution in [2.45, 2.75) is 31.5 Å². The highest BCUT2D eigenvalue weighted by Crippen LogP contribution is 2.26. The van der Waals surface area contributed by atoms with Crippen molar-refractivity contribution in [3.63, 3.8) is 0 Å². The molecule has 17 heavy (non-hydrogen) atoms. The number of carbonyl (C=O) groups is 1. The lowest BCUT2D eigenvalue weighted by molar-refractivity contribution is -0.0121. The van der Waals surface area contributed by atoms with Gasteiger partial charge in [0.05, 0.1) is 6.10 Å². The van der Waals surface area contributed by atoms with Gasteiger partial charge in [0, 0.05) is 12.0 Å². The number of benzene rings is 1. The Morgan fingerprint density at radius 2 is 1.94 bits per heavy atom. The van der Waals surface area contributed by atoms with Crippen LogP contribution >= 0.6 is 0 Å². The molecule has 0 aromatic heterocycles. The molecule has 0 amide bonds. The molecule has 2 aliphatic rings. The summed E-state index contributed by atoms with van der Waals surface area (Å²) < 4.78 is 5.96. The van der Waals surface area contributed by atoms with Gasteiger partial charge in [-0.25, -0.2) is 0 Å². The zero-order chi connectivity index (χ0) is 11.7. The number of Topliss-reactive ketones (excluding diaryl/α,β-unsaturated/α-hetero) is 1. The summed E-state index contributed by atoms with van der Waals surface area (Å²) in [4.78, 5) is 12.1. The van der Waals surface area contributed by atoms with E-state index in [4.69, 9.17) is 4.74 Å². The molecule has 0 spiro atoms. The molecule has 1 aromatic carbocycles. The average Bonchev–Trinajstić information content (AvgIpc) is 2.68. The maximum absolute atomic E-state index is 12.1. The fraction of sp³-hybridized carbons (Fsp3) is 0.500. The Labute approximate surface area is 101 Å². The molecular weight excluding hydrogens is 214 g/mol. The van der Waals surface area contributed by atoms with Crippen molar-refractivity contribution >= 4 is 5.78 Å². The minimum absolute atomic E-state index is 0.166. The fourth-order valence-corrected chi connectivity index (χ4v) is 2.68. The number of hydrogen-bond donors (Lipinski definition) is 1. The fourth-order valence-electron chi connectivity index (χ4n) is 2.68. The summed E-state index contributed by atoms with van der Waals surface area (Å²) in [7, 11) is 0. The van der Waals surface area contributed by atoms with Crippen molar-refractivity contribution in [1.82, 2.24) is 5.32 Å². The van der Waals surface area contributed by atoms with Crippen molar-refractivity contribution in [2.75, 3.05) is 13.1 Å². The molecule has 90 valence electrons. The average molecular weight is 231 g/mol. The smallest absolute Gasteiger partial charge is 0.192 e. The van der Waals surface area contributed by atoms with E-state index < -0.39 is 0 Å². The number of carbonyl (C=O) groups excluding carboxylic acids is 1. The Kier molecular flexibility index (Phi) is 2.95. The molecule has 0 saturated carbocycles. The number of hydrogen-bond acceptors (Lipinski definition) is 3. The van der Waals surface area contributed by atoms with E-state index in [9.17, 15) is 4.79 Å². The number of nitrogens with one attached hydrogen (secondary N) is 1. The summed E-state index contributed by atoms with van der Waals surface area (Å²) in [6.07, 6.45) is 2.79. The first-order chi connectivity index (χ1) is 8.34. The number of ketones is 1. The molecule has 3 rings (SSSR count). The van der Waals surface area contributed by atoms with Crippen molar-refractivity contribution in [3.8, 4) is 0 Å². The van der Waals surface area contributed by atoms with Crippen LogP contribution in [0.3, 0.4) is 0 Å². The standard InChI is InChI=1S/C14H17NO2/c16-14-12-4-2-1-3-10(12)9-13(14)17-11-5-7-15-8-6-11/h1-4,11,13,15H,5-9H2. The molecule has 1 saturated heterocycles. The van der Waals surface area contributed by atoms with Crippen molar-refractivity contribution in [2.24, 2.45) is 0 Å². The van der Waals surface area contributed by atoms with Crippen LogP contribution in [0.1, 0.15) is 28.8 Å². The highest BCUT2D eigenvalue weighted by Gasteiger charge is 2.32. The molecule has 1 fully saturated rings. The Balaban J connectivity index is 1.69. The van der Waals surface area contributed by atoms with Gasteiger partial charge in [-0.3, -0.25) is 4.79 Å². The van der Waals surface area contributed by atoms with E-state index in [0.29, 0.717) is 0 Å². The molecule has 3 heteroatoms. The van der Waals surface area contributed by atoms with Crippen LogP contribution < -0.4 is 5.32 Å². The summed E-state index contributed by atoms with van der Waals surface area (Å²) in [6, 6.07) is 7.84. The van der Waals surface area contributed by atoms with Gasteiger partial charge in [-0.2, -0.15) is 0 Å². The number of rotatable bonds is 2. The molecular formula is C14H17NO2. The van der Waals surface area contributed by atoms with Gasteiger partial charge < -0.3 is 10.1 Å². The molecule has 1 aliphatic carbocycles. The van der Waals surface area contributed by atoms with E-state index in [-0.39, 0.29) is 18.0 Å². The van der Waals surface area contributed by atoms with Crippen LogP contribution in [0, 0.1) is 0 Å². The molecule has 0 bridgehead atoms. The maximum Gasteiger partial charge on any atom is 0.192 e. The first-order valence-electron chi connectivity index (χ1n) is 6.33. The van der Waals surface area contributed by atoms with Crippen molar-refractivity contribution in [3.05, 3.63) is 35.4 Å². The topological polar surface area (TPSA) is 38.3 Å². The van der Waals surface area contributed by atoms with Crippen LogP contribution in [-0.4, -0.2) is 31.1 Å². The van der Waals surface area contributed by atoms with Gasteiger partial charge in [0.1, 0.15) is 6.10 Å². The summed E-state index contributed by atoms with van der Waals surface area (Å²) in [5, 5.41) is 3.30. The van der Waals surface area contributed by atoms with E-state index in [0.717, 1.165) is 43.5 Å². The molecule has 1 aromatic rings. The number of piperidine rings is 1. The quantitative estimate of drug-likeness (QED) is 0.839. The Bertz CT molecular complexity index is 424. The SMILES string of the molecule is O=C1c2ccccc2CC1OC1CCNCC1. The normalized spacial score (nSPS) is 24.9. The van der Waals surface area contributed by atoms with Crippen LogP contribution in [0.25, 0.3) is 0 Å². The van der Waals surface area contributed by atoms with E-state index in [1.165, 1.54) is 0 Å². The summed E-state index contributed by atoms with van der Waals surface area (Å²) in [6.45, 7) is 2.00. The Morgan fingerprint density at radius 3 is 2.71 bits per heavy atom. The first kappa shape index (κ1) is 10.9. The van der Waals surface area contributed by atoms with Crippen LogP contribution in [0.4, 0.5) is 0 Å². The lowest BCUT2D eigenvalue weighted by atomic mass is 10.1. The third kappa shape index (κ3) is 2.13. The third-order valence-electron chi connectivity index (χ3n) is 3.62. The first-order valence-corrected chi connectivity index (χ1v) is 6.33. The van der Waals surface area contributed by atoms with Gasteiger partial charge in [-0.1, -0.05) is 24.3 Å². The van der Waals surface area contributed by atoms with E-state index >= 15 is 0 Å². The third-order valence-corrected chi connectivity index (χ3v) is 3.62. The Morgan fingerprint density at radius 1 is 1.18 bits per heavy atom. The van der Waals surface area contributed by atoms with Gasteiger partial charge in [0.15, 0.2) is 5.78 Å². The molecule has 3 nitrogen and oxygen atoms in total. The second-order valence-electron chi connectivity index (χ2n) is 4.80. The molecule has 1 atom stereocenters. The van der Waals surface area contributed by atoms with Crippen molar-refractivity contribution < 1.29 is 9.53 Å². The van der Waals surface area contributed by atoms with Crippen LogP contribution in [0.2, 0.25) is 0 Å². The van der Waals surface area contributed by atoms with Gasteiger partial charge in [-0.15, -0.1) is 0 Å². The summed E-state index contributed by atoms with van der Waals surface area (Å²) in [5.74, 6) is 0.166. The summed E-state index contributed by atoms with van der Waals surface area (Å²) in [5.41, 5.74) is 1.99. The minimum Gasteiger partial charge on any atom is -0.366 e. The van der Waals surface area contributed by atoms with Gasteiger partial charge in [0.25, 0.3) is 0 Å². The zero-order valence-electron chi connectivity index (χ0n) is 9.82. The van der Waals surface area contributed by atoms with Gasteiger partial charge >= 0.3 is 0 Å². The highest BCUT2D eigenvalue weighted by molar-refractivity contribution is 6.03. The summed E-state index contributed by atoms with van der Waals surface area (Å²) >= 11 is 0. The van der Waals surface area contributed by atoms with E-state index in [1.54, 1.807) is 0 Å². The van der Waals surface area contributed by atoms with Crippen molar-refractivity contribution in [1.29, 1.82) is 0 Å². The molecule has 1 N–H and O–H groups in total. The van der Waals surface area contributed by atoms with E-state index in [2.05, 4.69) is 5.32 Å². The molecule has 1 heterocycles. The number of ether oxygens (including phenoxy) is 1. The van der Waals surface area contributed by atoms with E-state index in [1.807, 2.05) is 24.3 Å². The largest absolute Gasteiger partial charge is 0.366 e. The Hall–Kier alpha value is -1.19. The monoisotopic (exact) mass is 231 g/mol. The molecule has 1 unspecified atom stereocenters. The lowest BCUT2D eigenvalue weighted by Gasteiger charge is -2.25. The molecule has 0 radical (unpaired) electrons. The maximum atomic E-state index is 12.1. The second-order valence-corrected chi connectivity index (χ2v) is 4.80. The van der Waals surface area contributed by atoms with Gasteiger partial charge in [0.2, 0.25) is 0 Å². The van der Waals surface area contributed by atoms with Gasteiger partial charge in [-0.05, 0) is 31.5 Å². The second kappa shape index (κ2) is 4.59. The predicted octanol–water partition coefficient (Wildman–Crippen LogP) is 1.56. The lowest BCUT2D eigenvalue weighted by Crippen LogP contribution is -2.36. The highest BCUT2D eigenvalue weighted by atomic mass is 16.5. The zero-order valence-corrected chi connectivity index (χ0v) is 9.82. The number of fused-ring (bicyclic) bond motifs is 1. The van der Waals surface area contributed by atoms with Crippen LogP contribution in [0.15, 0.2) is 24.3 Å². The van der Waals surface area contributed by atoms with Crippen LogP contribution in [-0.2, 0) is 11.2 Å².